The van der Waals surface area contributed by atoms with E-state index in [0.717, 1.165) is 5.56 Å². The molecule has 2 N–H and O–H groups in total. The van der Waals surface area contributed by atoms with E-state index in [1.54, 1.807) is 12.3 Å². The van der Waals surface area contributed by atoms with Crippen molar-refractivity contribution in [1.82, 2.24) is 4.98 Å². The summed E-state index contributed by atoms with van der Waals surface area (Å²) in [6.45, 7) is 0.364. The summed E-state index contributed by atoms with van der Waals surface area (Å²) in [6.07, 6.45) is 1.65. The van der Waals surface area contributed by atoms with Crippen molar-refractivity contribution in [3.63, 3.8) is 0 Å². The molecule has 2 rings (SSSR count). The third kappa shape index (κ3) is 2.44. The Hall–Kier alpha value is -1.74. The first kappa shape index (κ1) is 10.8. The molecule has 0 aliphatic carbocycles. The molecule has 1 heterocycles. The van der Waals surface area contributed by atoms with E-state index in [4.69, 9.17) is 22.1 Å². The molecule has 0 aliphatic heterocycles. The van der Waals surface area contributed by atoms with Gasteiger partial charge in [-0.3, -0.25) is 0 Å². The number of ether oxygens (including phenoxy) is 1. The number of rotatable bonds is 3. The molecule has 4 heteroatoms. The van der Waals surface area contributed by atoms with E-state index in [1.165, 1.54) is 0 Å². The maximum Gasteiger partial charge on any atom is 0.138 e. The number of para-hydroxylation sites is 1. The van der Waals surface area contributed by atoms with Crippen molar-refractivity contribution in [2.45, 2.75) is 6.61 Å². The standard InChI is InChI=1S/C12H11ClN2O/c13-10-5-1-2-6-11(10)16-8-9-4-3-7-15-12(9)14/h1-7H,8H2,(H2,14,15). The fourth-order valence-corrected chi connectivity index (χ4v) is 1.48. The monoisotopic (exact) mass is 234 g/mol. The highest BCUT2D eigenvalue weighted by atomic mass is 35.5. The number of pyridine rings is 1. The molecule has 0 saturated heterocycles. The van der Waals surface area contributed by atoms with Crippen LogP contribution in [0.5, 0.6) is 5.75 Å². The maximum absolute atomic E-state index is 5.96. The average molecular weight is 235 g/mol. The molecule has 16 heavy (non-hydrogen) atoms. The Labute approximate surface area is 98.8 Å². The van der Waals surface area contributed by atoms with E-state index in [-0.39, 0.29) is 0 Å². The van der Waals surface area contributed by atoms with Crippen LogP contribution in [0, 0.1) is 0 Å². The summed E-state index contributed by atoms with van der Waals surface area (Å²) in [5, 5.41) is 0.588. The van der Waals surface area contributed by atoms with Gasteiger partial charge in [0.2, 0.25) is 0 Å². The smallest absolute Gasteiger partial charge is 0.138 e. The average Bonchev–Trinajstić information content (AvgIpc) is 2.30. The molecule has 3 nitrogen and oxygen atoms in total. The Morgan fingerprint density at radius 3 is 2.75 bits per heavy atom. The zero-order valence-corrected chi connectivity index (χ0v) is 9.32. The summed E-state index contributed by atoms with van der Waals surface area (Å²) >= 11 is 5.96. The van der Waals surface area contributed by atoms with Crippen LogP contribution >= 0.6 is 11.6 Å². The van der Waals surface area contributed by atoms with Gasteiger partial charge in [-0.1, -0.05) is 29.8 Å². The van der Waals surface area contributed by atoms with Crippen molar-refractivity contribution in [3.8, 4) is 5.75 Å². The minimum absolute atomic E-state index is 0.364. The van der Waals surface area contributed by atoms with Crippen LogP contribution in [0.2, 0.25) is 5.02 Å². The van der Waals surface area contributed by atoms with E-state index < -0.39 is 0 Å². The van der Waals surface area contributed by atoms with Crippen molar-refractivity contribution in [2.24, 2.45) is 0 Å². The highest BCUT2D eigenvalue weighted by molar-refractivity contribution is 6.32. The van der Waals surface area contributed by atoms with Crippen LogP contribution in [0.15, 0.2) is 42.6 Å². The molecule has 0 fully saturated rings. The first-order valence-corrected chi connectivity index (χ1v) is 5.22. The summed E-state index contributed by atoms with van der Waals surface area (Å²) in [7, 11) is 0. The molecule has 0 amide bonds. The largest absolute Gasteiger partial charge is 0.487 e. The Kier molecular flexibility index (Phi) is 3.27. The Morgan fingerprint density at radius 2 is 2.00 bits per heavy atom. The number of nitrogens with two attached hydrogens (primary N) is 1. The van der Waals surface area contributed by atoms with Gasteiger partial charge in [0.05, 0.1) is 5.02 Å². The van der Waals surface area contributed by atoms with Gasteiger partial charge < -0.3 is 10.5 Å². The second kappa shape index (κ2) is 4.86. The van der Waals surface area contributed by atoms with E-state index in [0.29, 0.717) is 23.2 Å². The van der Waals surface area contributed by atoms with Gasteiger partial charge >= 0.3 is 0 Å². The van der Waals surface area contributed by atoms with Gasteiger partial charge in [-0.2, -0.15) is 0 Å². The molecule has 0 bridgehead atoms. The maximum atomic E-state index is 5.96. The second-order valence-corrected chi connectivity index (χ2v) is 3.67. The fraction of sp³-hybridized carbons (Fsp3) is 0.0833. The first-order chi connectivity index (χ1) is 7.77. The molecule has 1 aromatic carbocycles. The van der Waals surface area contributed by atoms with Crippen molar-refractivity contribution in [1.29, 1.82) is 0 Å². The number of aromatic nitrogens is 1. The molecular formula is C12H11ClN2O. The predicted octanol–water partition coefficient (Wildman–Crippen LogP) is 2.90. The zero-order valence-electron chi connectivity index (χ0n) is 8.56. The van der Waals surface area contributed by atoms with Gasteiger partial charge in [-0.15, -0.1) is 0 Å². The van der Waals surface area contributed by atoms with Gasteiger partial charge in [-0.05, 0) is 18.2 Å². The lowest BCUT2D eigenvalue weighted by molar-refractivity contribution is 0.307. The van der Waals surface area contributed by atoms with Crippen molar-refractivity contribution in [2.75, 3.05) is 5.73 Å². The van der Waals surface area contributed by atoms with Gasteiger partial charge in [0.1, 0.15) is 18.2 Å². The highest BCUT2D eigenvalue weighted by Crippen LogP contribution is 2.24. The van der Waals surface area contributed by atoms with Crippen molar-refractivity contribution >= 4 is 17.4 Å². The minimum Gasteiger partial charge on any atom is -0.487 e. The lowest BCUT2D eigenvalue weighted by Crippen LogP contribution is -2.01. The van der Waals surface area contributed by atoms with E-state index in [1.807, 2.05) is 30.3 Å². The van der Waals surface area contributed by atoms with Crippen molar-refractivity contribution < 1.29 is 4.74 Å². The molecule has 1 aromatic heterocycles. The molecular weight excluding hydrogens is 224 g/mol. The summed E-state index contributed by atoms with van der Waals surface area (Å²) in [4.78, 5) is 3.98. The number of halogens is 1. The lowest BCUT2D eigenvalue weighted by atomic mass is 10.3. The minimum atomic E-state index is 0.364. The Morgan fingerprint density at radius 1 is 1.19 bits per heavy atom. The summed E-state index contributed by atoms with van der Waals surface area (Å²) in [6, 6.07) is 11.0. The topological polar surface area (TPSA) is 48.1 Å². The molecule has 0 spiro atoms. The molecule has 0 aliphatic rings. The van der Waals surface area contributed by atoms with Crippen LogP contribution < -0.4 is 10.5 Å². The third-order valence-corrected chi connectivity index (χ3v) is 2.46. The van der Waals surface area contributed by atoms with E-state index in [9.17, 15) is 0 Å². The van der Waals surface area contributed by atoms with Crippen LogP contribution in [0.1, 0.15) is 5.56 Å². The third-order valence-electron chi connectivity index (χ3n) is 2.15. The zero-order chi connectivity index (χ0) is 11.4. The van der Waals surface area contributed by atoms with E-state index >= 15 is 0 Å². The lowest BCUT2D eigenvalue weighted by Gasteiger charge is -2.08. The predicted molar refractivity (Wildman–Crippen MR) is 64.4 cm³/mol. The highest BCUT2D eigenvalue weighted by Gasteiger charge is 2.02. The van der Waals surface area contributed by atoms with Gasteiger partial charge in [0.15, 0.2) is 0 Å². The number of benzene rings is 1. The van der Waals surface area contributed by atoms with Gasteiger partial charge in [0, 0.05) is 11.8 Å². The van der Waals surface area contributed by atoms with Crippen LogP contribution in [-0.2, 0) is 6.61 Å². The number of nitrogens with zero attached hydrogens (tertiary/aromatic N) is 1. The molecule has 0 unspecified atom stereocenters. The summed E-state index contributed by atoms with van der Waals surface area (Å²) in [5.74, 6) is 1.13. The van der Waals surface area contributed by atoms with Gasteiger partial charge in [-0.25, -0.2) is 4.98 Å². The van der Waals surface area contributed by atoms with Crippen LogP contribution in [0.4, 0.5) is 5.82 Å². The first-order valence-electron chi connectivity index (χ1n) is 4.84. The molecule has 82 valence electrons. The Bertz CT molecular complexity index is 442. The fourth-order valence-electron chi connectivity index (χ4n) is 1.29. The van der Waals surface area contributed by atoms with Crippen LogP contribution in [0.25, 0.3) is 0 Å². The molecule has 0 atom stereocenters. The SMILES string of the molecule is Nc1ncccc1COc1ccccc1Cl. The second-order valence-electron chi connectivity index (χ2n) is 3.27. The summed E-state index contributed by atoms with van der Waals surface area (Å²) in [5.41, 5.74) is 6.55. The van der Waals surface area contributed by atoms with Crippen LogP contribution in [0.3, 0.4) is 0 Å². The number of nitrogen functional groups attached to an aromatic ring is 1. The summed E-state index contributed by atoms with van der Waals surface area (Å²) < 4.78 is 5.55. The molecule has 0 saturated carbocycles. The number of hydrogen-bond donors (Lipinski definition) is 1. The van der Waals surface area contributed by atoms with Gasteiger partial charge in [0.25, 0.3) is 0 Å². The van der Waals surface area contributed by atoms with Crippen LogP contribution in [-0.4, -0.2) is 4.98 Å². The normalized spacial score (nSPS) is 10.1. The van der Waals surface area contributed by atoms with Crippen molar-refractivity contribution in [3.05, 3.63) is 53.2 Å². The number of hydrogen-bond acceptors (Lipinski definition) is 3. The van der Waals surface area contributed by atoms with E-state index in [2.05, 4.69) is 4.98 Å². The quantitative estimate of drug-likeness (QED) is 0.888. The Balaban J connectivity index is 2.09. The molecule has 2 aromatic rings. The molecule has 0 radical (unpaired) electrons. The number of anilines is 1.